The van der Waals surface area contributed by atoms with Crippen molar-refractivity contribution >= 4 is 23.2 Å². The highest BCUT2D eigenvalue weighted by Crippen LogP contribution is 2.53. The summed E-state index contributed by atoms with van der Waals surface area (Å²) in [7, 11) is 2.12. The van der Waals surface area contributed by atoms with Gasteiger partial charge in [-0.2, -0.15) is 0 Å². The summed E-state index contributed by atoms with van der Waals surface area (Å²) in [6, 6.07) is 11.4. The number of benzene rings is 2. The molecule has 2 fully saturated rings. The SMILES string of the molecule is CN1CCN(Cc2ccc(-c3ccc(O)c4c3CC3CC5CC(=O)C(C(N)=O)=C(O)C5(O)C(=O)C3=C4O)cc2)CC1. The second kappa shape index (κ2) is 9.83. The number of nitrogens with two attached hydrogens (primary N) is 1. The topological polar surface area (TPSA) is 165 Å². The van der Waals surface area contributed by atoms with Gasteiger partial charge in [0, 0.05) is 50.6 Å². The largest absolute Gasteiger partial charge is 0.508 e. The van der Waals surface area contributed by atoms with E-state index in [0.29, 0.717) is 5.56 Å². The molecule has 3 unspecified atom stereocenters. The first-order valence-corrected chi connectivity index (χ1v) is 13.8. The molecule has 2 aromatic rings. The number of piperazine rings is 1. The number of nitrogens with zero attached hydrogens (tertiary/aromatic N) is 2. The Morgan fingerprint density at radius 2 is 1.68 bits per heavy atom. The third kappa shape index (κ3) is 4.25. The van der Waals surface area contributed by atoms with Gasteiger partial charge in [-0.1, -0.05) is 30.3 Å². The Balaban J connectivity index is 1.37. The van der Waals surface area contributed by atoms with Crippen LogP contribution in [0.3, 0.4) is 0 Å². The van der Waals surface area contributed by atoms with Crippen LogP contribution in [0.2, 0.25) is 0 Å². The highest BCUT2D eigenvalue weighted by Gasteiger charge is 2.60. The van der Waals surface area contributed by atoms with Crippen molar-refractivity contribution in [2.45, 2.75) is 31.4 Å². The lowest BCUT2D eigenvalue weighted by Crippen LogP contribution is -2.58. The molecule has 4 aliphatic rings. The van der Waals surface area contributed by atoms with Crippen molar-refractivity contribution in [3.63, 3.8) is 0 Å². The van der Waals surface area contributed by atoms with Crippen LogP contribution in [0.25, 0.3) is 16.9 Å². The minimum atomic E-state index is -2.57. The zero-order valence-corrected chi connectivity index (χ0v) is 22.8. The van der Waals surface area contributed by atoms with Gasteiger partial charge in [0.25, 0.3) is 5.91 Å². The number of hydrogen-bond acceptors (Lipinski definition) is 9. The molecule has 0 aromatic heterocycles. The molecular formula is C31H33N3O7. The van der Waals surface area contributed by atoms with Crippen LogP contribution in [0.1, 0.15) is 29.5 Å². The zero-order chi connectivity index (χ0) is 29.2. The van der Waals surface area contributed by atoms with Crippen LogP contribution in [0.4, 0.5) is 0 Å². The smallest absolute Gasteiger partial charge is 0.255 e. The number of aliphatic hydroxyl groups is 3. The van der Waals surface area contributed by atoms with Gasteiger partial charge in [0.05, 0.1) is 5.56 Å². The van der Waals surface area contributed by atoms with Crippen LogP contribution in [0.5, 0.6) is 5.75 Å². The molecule has 0 radical (unpaired) electrons. The molecule has 1 heterocycles. The Morgan fingerprint density at radius 1 is 1.00 bits per heavy atom. The molecular weight excluding hydrogens is 526 g/mol. The molecule has 1 saturated carbocycles. The molecule has 3 aliphatic carbocycles. The minimum Gasteiger partial charge on any atom is -0.508 e. The summed E-state index contributed by atoms with van der Waals surface area (Å²) < 4.78 is 0. The highest BCUT2D eigenvalue weighted by molar-refractivity contribution is 6.22. The van der Waals surface area contributed by atoms with E-state index in [9.17, 15) is 34.8 Å². The molecule has 1 saturated heterocycles. The third-order valence-corrected chi connectivity index (χ3v) is 9.21. The van der Waals surface area contributed by atoms with Crippen molar-refractivity contribution in [1.29, 1.82) is 0 Å². The van der Waals surface area contributed by atoms with E-state index in [1.807, 2.05) is 12.1 Å². The van der Waals surface area contributed by atoms with Crippen molar-refractivity contribution in [3.05, 3.63) is 70.0 Å². The van der Waals surface area contributed by atoms with E-state index in [2.05, 4.69) is 29.0 Å². The van der Waals surface area contributed by atoms with Crippen LogP contribution >= 0.6 is 0 Å². The van der Waals surface area contributed by atoms with Gasteiger partial charge < -0.3 is 31.1 Å². The first-order chi connectivity index (χ1) is 19.5. The maximum atomic E-state index is 13.7. The van der Waals surface area contributed by atoms with E-state index in [1.54, 1.807) is 6.07 Å². The number of Topliss-reactive ketones (excluding diaryl/α,β-unsaturated/α-hetero) is 2. The summed E-state index contributed by atoms with van der Waals surface area (Å²) in [6.07, 6.45) is 0.0206. The monoisotopic (exact) mass is 559 g/mol. The molecule has 1 aliphatic heterocycles. The molecule has 6 N–H and O–H groups in total. The second-order valence-corrected chi connectivity index (χ2v) is 11.7. The Labute approximate surface area is 237 Å². The Hall–Kier alpha value is -3.99. The van der Waals surface area contributed by atoms with Crippen LogP contribution in [0.15, 0.2) is 53.3 Å². The minimum absolute atomic E-state index is 0.0937. The molecule has 0 bridgehead atoms. The van der Waals surface area contributed by atoms with Crippen molar-refractivity contribution < 1.29 is 34.8 Å². The number of phenols is 1. The molecule has 2 aromatic carbocycles. The quantitative estimate of drug-likeness (QED) is 0.352. The van der Waals surface area contributed by atoms with Gasteiger partial charge in [-0.05, 0) is 54.1 Å². The maximum Gasteiger partial charge on any atom is 0.255 e. The lowest BCUT2D eigenvalue weighted by Gasteiger charge is -2.46. The Morgan fingerprint density at radius 3 is 2.34 bits per heavy atom. The summed E-state index contributed by atoms with van der Waals surface area (Å²) in [6.45, 7) is 4.94. The predicted octanol–water partition coefficient (Wildman–Crippen LogP) is 1.84. The maximum absolute atomic E-state index is 13.7. The lowest BCUT2D eigenvalue weighted by molar-refractivity contribution is -0.147. The second-order valence-electron chi connectivity index (χ2n) is 11.7. The van der Waals surface area contributed by atoms with Gasteiger partial charge in [0.1, 0.15) is 22.8 Å². The number of primary amides is 1. The number of ketones is 2. The van der Waals surface area contributed by atoms with Crippen molar-refractivity contribution in [3.8, 4) is 16.9 Å². The van der Waals surface area contributed by atoms with Crippen LogP contribution < -0.4 is 5.73 Å². The Kier molecular flexibility index (Phi) is 6.52. The normalized spacial score (nSPS) is 27.0. The average Bonchev–Trinajstić information content (AvgIpc) is 2.92. The van der Waals surface area contributed by atoms with Gasteiger partial charge in [0.15, 0.2) is 11.4 Å². The third-order valence-electron chi connectivity index (χ3n) is 9.21. The average molecular weight is 560 g/mol. The summed E-state index contributed by atoms with van der Waals surface area (Å²) >= 11 is 0. The fraction of sp³-hybridized carbons (Fsp3) is 0.387. The van der Waals surface area contributed by atoms with Gasteiger partial charge in [0.2, 0.25) is 5.78 Å². The van der Waals surface area contributed by atoms with Gasteiger partial charge in [-0.25, -0.2) is 0 Å². The number of aliphatic hydroxyl groups excluding tert-OH is 2. The van der Waals surface area contributed by atoms with Crippen LogP contribution in [-0.2, 0) is 27.3 Å². The predicted molar refractivity (Wildman–Crippen MR) is 150 cm³/mol. The number of aromatic hydroxyl groups is 1. The lowest BCUT2D eigenvalue weighted by atomic mass is 9.59. The number of fused-ring (bicyclic) bond motifs is 3. The number of amides is 1. The van der Waals surface area contributed by atoms with E-state index in [-0.39, 0.29) is 36.1 Å². The van der Waals surface area contributed by atoms with E-state index in [1.165, 1.54) is 11.6 Å². The van der Waals surface area contributed by atoms with E-state index >= 15 is 0 Å². The van der Waals surface area contributed by atoms with Crippen LogP contribution in [0, 0.1) is 11.8 Å². The first kappa shape index (κ1) is 27.2. The zero-order valence-electron chi connectivity index (χ0n) is 22.8. The number of carbonyl (C=O) groups excluding carboxylic acids is 3. The van der Waals surface area contributed by atoms with Crippen LogP contribution in [-0.4, -0.2) is 86.5 Å². The first-order valence-electron chi connectivity index (χ1n) is 13.8. The Bertz CT molecular complexity index is 1540. The standard InChI is InChI=1S/C31H33N3O7/c1-33-8-10-34(11-9-33)15-16-2-4-17(5-3-16)20-6-7-22(35)25-21(20)13-18-12-19-14-23(36)26(30(32)40)29(39)31(19,41)28(38)24(18)27(25)37/h2-7,18-19,35,37,39,41H,8-15H2,1H3,(H2,32,40). The highest BCUT2D eigenvalue weighted by atomic mass is 16.3. The van der Waals surface area contributed by atoms with E-state index in [0.717, 1.165) is 43.9 Å². The summed E-state index contributed by atoms with van der Waals surface area (Å²) in [5, 5.41) is 44.3. The van der Waals surface area contributed by atoms with Crippen molar-refractivity contribution in [2.24, 2.45) is 17.6 Å². The van der Waals surface area contributed by atoms with Crippen molar-refractivity contribution in [1.82, 2.24) is 9.80 Å². The summed E-state index contributed by atoms with van der Waals surface area (Å²) in [5.41, 5.74) is 5.35. The summed E-state index contributed by atoms with van der Waals surface area (Å²) in [4.78, 5) is 42.8. The van der Waals surface area contributed by atoms with Gasteiger partial charge in [-0.3, -0.25) is 19.3 Å². The summed E-state index contributed by atoms with van der Waals surface area (Å²) in [5.74, 6) is -6.32. The fourth-order valence-electron chi connectivity index (χ4n) is 6.95. The molecule has 0 spiro atoms. The number of likely N-dealkylation sites (N-methyl/N-ethyl adjacent to an activating group) is 1. The number of rotatable bonds is 4. The molecule has 1 amide bonds. The van der Waals surface area contributed by atoms with Crippen molar-refractivity contribution in [2.75, 3.05) is 33.2 Å². The van der Waals surface area contributed by atoms with Gasteiger partial charge in [-0.15, -0.1) is 0 Å². The molecule has 214 valence electrons. The molecule has 3 atom stereocenters. The fourth-order valence-corrected chi connectivity index (χ4v) is 6.95. The molecule has 6 rings (SSSR count). The molecule has 41 heavy (non-hydrogen) atoms. The van der Waals surface area contributed by atoms with E-state index < -0.39 is 52.0 Å². The van der Waals surface area contributed by atoms with E-state index in [4.69, 9.17) is 5.73 Å². The molecule has 10 nitrogen and oxygen atoms in total. The number of phenolic OH excluding ortho intramolecular Hbond substituents is 1. The number of carbonyl (C=O) groups is 3. The van der Waals surface area contributed by atoms with Gasteiger partial charge >= 0.3 is 0 Å². The molecule has 10 heteroatoms. The number of hydrogen-bond donors (Lipinski definition) is 5.